The fourth-order valence-corrected chi connectivity index (χ4v) is 4.50. The molecule has 0 fully saturated rings. The first-order valence-electron chi connectivity index (χ1n) is 10.9. The number of nitrogens with one attached hydrogen (secondary N) is 1. The van der Waals surface area contributed by atoms with E-state index in [0.29, 0.717) is 11.7 Å². The zero-order valence-electron chi connectivity index (χ0n) is 18.9. The van der Waals surface area contributed by atoms with Gasteiger partial charge >= 0.3 is 0 Å². The Morgan fingerprint density at radius 3 is 2.68 bits per heavy atom. The van der Waals surface area contributed by atoms with E-state index in [9.17, 15) is 4.79 Å². The number of benzene rings is 3. The number of fused-ring (bicyclic) bond motifs is 1. The number of amides is 1. The highest BCUT2D eigenvalue weighted by Gasteiger charge is 2.19. The molecule has 3 aromatic carbocycles. The molecule has 1 amide bonds. The lowest BCUT2D eigenvalue weighted by Gasteiger charge is -2.12. The molecule has 0 atom stereocenters. The SMILES string of the molecule is Cc1cccc(NC(=O)CSc2nnc(-c3ccccc3)n2Cc2ccc3c(c2)OCO3)c1C. The van der Waals surface area contributed by atoms with Crippen LogP contribution in [0.4, 0.5) is 5.69 Å². The summed E-state index contributed by atoms with van der Waals surface area (Å²) >= 11 is 1.37. The van der Waals surface area contributed by atoms with Gasteiger partial charge in [0.05, 0.1) is 12.3 Å². The number of aryl methyl sites for hydroxylation is 1. The largest absolute Gasteiger partial charge is 0.454 e. The van der Waals surface area contributed by atoms with Crippen molar-refractivity contribution in [2.45, 2.75) is 25.5 Å². The molecule has 8 heteroatoms. The van der Waals surface area contributed by atoms with Gasteiger partial charge in [0, 0.05) is 11.3 Å². The zero-order chi connectivity index (χ0) is 23.5. The lowest BCUT2D eigenvalue weighted by molar-refractivity contribution is -0.113. The van der Waals surface area contributed by atoms with Gasteiger partial charge < -0.3 is 14.8 Å². The van der Waals surface area contributed by atoms with Crippen LogP contribution < -0.4 is 14.8 Å². The first-order chi connectivity index (χ1) is 16.6. The minimum atomic E-state index is -0.0856. The normalized spacial score (nSPS) is 12.1. The van der Waals surface area contributed by atoms with Crippen molar-refractivity contribution in [2.24, 2.45) is 0 Å². The number of aromatic nitrogens is 3. The van der Waals surface area contributed by atoms with Crippen LogP contribution in [0.5, 0.6) is 11.5 Å². The summed E-state index contributed by atoms with van der Waals surface area (Å²) in [6.45, 7) is 4.81. The summed E-state index contributed by atoms with van der Waals surface area (Å²) in [6.07, 6.45) is 0. The average molecular weight is 473 g/mol. The molecule has 0 saturated carbocycles. The summed E-state index contributed by atoms with van der Waals surface area (Å²) in [6, 6.07) is 21.7. The Morgan fingerprint density at radius 1 is 1.00 bits per heavy atom. The number of ether oxygens (including phenoxy) is 2. The van der Waals surface area contributed by atoms with Crippen LogP contribution >= 0.6 is 11.8 Å². The van der Waals surface area contributed by atoms with Crippen LogP contribution in [0.3, 0.4) is 0 Å². The number of rotatable bonds is 7. The summed E-state index contributed by atoms with van der Waals surface area (Å²) in [7, 11) is 0. The molecule has 0 bridgehead atoms. The van der Waals surface area contributed by atoms with Crippen molar-refractivity contribution in [1.29, 1.82) is 0 Å². The van der Waals surface area contributed by atoms with E-state index in [0.717, 1.165) is 45.3 Å². The molecule has 2 heterocycles. The molecular weight excluding hydrogens is 448 g/mol. The minimum Gasteiger partial charge on any atom is -0.454 e. The minimum absolute atomic E-state index is 0.0856. The standard InChI is InChI=1S/C26H24N4O3S/c1-17-7-6-10-21(18(17)2)27-24(31)15-34-26-29-28-25(20-8-4-3-5-9-20)30(26)14-19-11-12-22-23(13-19)33-16-32-22/h3-13H,14-16H2,1-2H3,(H,27,31). The van der Waals surface area contributed by atoms with Crippen LogP contribution in [-0.4, -0.2) is 33.2 Å². The molecule has 0 spiro atoms. The second-order valence-corrected chi connectivity index (χ2v) is 8.97. The second-order valence-electron chi connectivity index (χ2n) is 8.03. The van der Waals surface area contributed by atoms with Gasteiger partial charge in [-0.05, 0) is 48.7 Å². The number of hydrogen-bond acceptors (Lipinski definition) is 6. The molecule has 0 unspecified atom stereocenters. The molecule has 1 aliphatic rings. The molecule has 0 radical (unpaired) electrons. The third-order valence-corrected chi connectivity index (χ3v) is 6.70. The summed E-state index contributed by atoms with van der Waals surface area (Å²) in [5.74, 6) is 2.36. The van der Waals surface area contributed by atoms with E-state index in [1.807, 2.05) is 85.1 Å². The maximum Gasteiger partial charge on any atom is 0.234 e. The van der Waals surface area contributed by atoms with Gasteiger partial charge in [0.2, 0.25) is 12.7 Å². The van der Waals surface area contributed by atoms with Crippen LogP contribution in [0.25, 0.3) is 11.4 Å². The van der Waals surface area contributed by atoms with Gasteiger partial charge in [0.25, 0.3) is 0 Å². The third-order valence-electron chi connectivity index (χ3n) is 5.74. The smallest absolute Gasteiger partial charge is 0.234 e. The highest BCUT2D eigenvalue weighted by atomic mass is 32.2. The molecule has 5 rings (SSSR count). The van der Waals surface area contributed by atoms with E-state index in [4.69, 9.17) is 9.47 Å². The van der Waals surface area contributed by atoms with Gasteiger partial charge in [0.1, 0.15) is 0 Å². The number of carbonyl (C=O) groups excluding carboxylic acids is 1. The molecule has 4 aromatic rings. The van der Waals surface area contributed by atoms with Gasteiger partial charge in [0.15, 0.2) is 22.5 Å². The molecule has 0 aliphatic carbocycles. The topological polar surface area (TPSA) is 78.3 Å². The summed E-state index contributed by atoms with van der Waals surface area (Å²) in [4.78, 5) is 12.7. The van der Waals surface area contributed by atoms with Gasteiger partial charge in [-0.3, -0.25) is 9.36 Å². The quantitative estimate of drug-likeness (QED) is 0.379. The third kappa shape index (κ3) is 4.63. The van der Waals surface area contributed by atoms with Crippen molar-refractivity contribution in [1.82, 2.24) is 14.8 Å². The lowest BCUT2D eigenvalue weighted by Crippen LogP contribution is -2.15. The Labute approximate surface area is 202 Å². The zero-order valence-corrected chi connectivity index (χ0v) is 19.8. The van der Waals surface area contributed by atoms with Crippen LogP contribution in [0, 0.1) is 13.8 Å². The molecule has 1 N–H and O–H groups in total. The Hall–Kier alpha value is -3.78. The van der Waals surface area contributed by atoms with Gasteiger partial charge in [-0.15, -0.1) is 10.2 Å². The van der Waals surface area contributed by atoms with Crippen molar-refractivity contribution < 1.29 is 14.3 Å². The molecule has 1 aromatic heterocycles. The average Bonchev–Trinajstić information content (AvgIpc) is 3.48. The monoisotopic (exact) mass is 472 g/mol. The number of hydrogen-bond donors (Lipinski definition) is 1. The van der Waals surface area contributed by atoms with E-state index in [2.05, 4.69) is 15.5 Å². The van der Waals surface area contributed by atoms with E-state index >= 15 is 0 Å². The van der Waals surface area contributed by atoms with Gasteiger partial charge in [-0.2, -0.15) is 0 Å². The van der Waals surface area contributed by atoms with Crippen molar-refractivity contribution in [3.63, 3.8) is 0 Å². The number of carbonyl (C=O) groups is 1. The highest BCUT2D eigenvalue weighted by molar-refractivity contribution is 7.99. The Balaban J connectivity index is 1.38. The van der Waals surface area contributed by atoms with E-state index in [1.165, 1.54) is 11.8 Å². The van der Waals surface area contributed by atoms with Crippen LogP contribution in [0.1, 0.15) is 16.7 Å². The van der Waals surface area contributed by atoms with E-state index in [1.54, 1.807) is 0 Å². The van der Waals surface area contributed by atoms with E-state index < -0.39 is 0 Å². The molecular formula is C26H24N4O3S. The summed E-state index contributed by atoms with van der Waals surface area (Å²) in [5.41, 5.74) is 5.03. The first kappa shape index (κ1) is 22.0. The highest BCUT2D eigenvalue weighted by Crippen LogP contribution is 2.33. The molecule has 172 valence electrons. The van der Waals surface area contributed by atoms with Crippen molar-refractivity contribution in [3.05, 3.63) is 83.4 Å². The number of thioether (sulfide) groups is 1. The maximum absolute atomic E-state index is 12.7. The number of nitrogens with zero attached hydrogens (tertiary/aromatic N) is 3. The Kier molecular flexibility index (Phi) is 6.22. The number of anilines is 1. The van der Waals surface area contributed by atoms with Crippen molar-refractivity contribution in [2.75, 3.05) is 17.9 Å². The summed E-state index contributed by atoms with van der Waals surface area (Å²) < 4.78 is 13.0. The maximum atomic E-state index is 12.7. The predicted octanol–water partition coefficient (Wildman–Crippen LogP) is 5.07. The molecule has 7 nitrogen and oxygen atoms in total. The fraction of sp³-hybridized carbons (Fsp3) is 0.192. The fourth-order valence-electron chi connectivity index (χ4n) is 3.76. The van der Waals surface area contributed by atoms with Crippen molar-refractivity contribution in [3.8, 4) is 22.9 Å². The van der Waals surface area contributed by atoms with E-state index in [-0.39, 0.29) is 18.5 Å². The molecule has 0 saturated heterocycles. The predicted molar refractivity (Wildman–Crippen MR) is 132 cm³/mol. The van der Waals surface area contributed by atoms with Crippen LogP contribution in [0.15, 0.2) is 71.9 Å². The Morgan fingerprint density at radius 2 is 1.82 bits per heavy atom. The van der Waals surface area contributed by atoms with Crippen molar-refractivity contribution >= 4 is 23.4 Å². The van der Waals surface area contributed by atoms with Gasteiger partial charge in [-0.1, -0.05) is 60.3 Å². The van der Waals surface area contributed by atoms with Gasteiger partial charge in [-0.25, -0.2) is 0 Å². The van der Waals surface area contributed by atoms with Crippen LogP contribution in [-0.2, 0) is 11.3 Å². The molecule has 34 heavy (non-hydrogen) atoms. The Bertz CT molecular complexity index is 1340. The molecule has 1 aliphatic heterocycles. The van der Waals surface area contributed by atoms with Crippen LogP contribution in [0.2, 0.25) is 0 Å². The summed E-state index contributed by atoms with van der Waals surface area (Å²) in [5, 5.41) is 12.5. The first-order valence-corrected chi connectivity index (χ1v) is 11.9. The lowest BCUT2D eigenvalue weighted by atomic mass is 10.1. The second kappa shape index (κ2) is 9.61.